The van der Waals surface area contributed by atoms with Gasteiger partial charge in [0.2, 0.25) is 0 Å². The lowest BCUT2D eigenvalue weighted by atomic mass is 9.92. The fourth-order valence-corrected chi connectivity index (χ4v) is 1.67. The first kappa shape index (κ1) is 14.0. The number of carbonyl (C=O) groups is 1. The Morgan fingerprint density at radius 3 is 2.50 bits per heavy atom. The number of aliphatic carboxylic acids is 1. The summed E-state index contributed by atoms with van der Waals surface area (Å²) in [7, 11) is 0. The Bertz CT molecular complexity index is 435. The number of hydrogen-bond acceptors (Lipinski definition) is 3. The van der Waals surface area contributed by atoms with Crippen LogP contribution in [0.1, 0.15) is 20.3 Å². The fourth-order valence-electron chi connectivity index (χ4n) is 1.67. The lowest BCUT2D eigenvalue weighted by Crippen LogP contribution is -2.39. The quantitative estimate of drug-likeness (QED) is 0.837. The minimum Gasteiger partial charge on any atom is -0.481 e. The van der Waals surface area contributed by atoms with Crippen molar-refractivity contribution < 1.29 is 9.90 Å². The lowest BCUT2D eigenvalue weighted by molar-refractivity contribution is -0.146. The van der Waals surface area contributed by atoms with Crippen LogP contribution in [0.25, 0.3) is 0 Å². The van der Waals surface area contributed by atoms with E-state index in [1.165, 1.54) is 0 Å². The molecule has 0 bridgehead atoms. The number of nitrogens with zero attached hydrogens (tertiary/aromatic N) is 2. The van der Waals surface area contributed by atoms with Gasteiger partial charge in [0, 0.05) is 18.8 Å². The predicted octanol–water partition coefficient (Wildman–Crippen LogP) is 2.52. The summed E-state index contributed by atoms with van der Waals surface area (Å²) in [5, 5.41) is 17.8. The second-order valence-electron chi connectivity index (χ2n) is 4.85. The highest BCUT2D eigenvalue weighted by molar-refractivity contribution is 5.74. The van der Waals surface area contributed by atoms with Crippen LogP contribution in [0, 0.1) is 16.7 Å². The molecule has 18 heavy (non-hydrogen) atoms. The molecule has 4 nitrogen and oxygen atoms in total. The van der Waals surface area contributed by atoms with Gasteiger partial charge in [-0.2, -0.15) is 5.26 Å². The second-order valence-corrected chi connectivity index (χ2v) is 4.85. The van der Waals surface area contributed by atoms with Crippen molar-refractivity contribution in [2.75, 3.05) is 18.0 Å². The zero-order valence-electron chi connectivity index (χ0n) is 10.8. The molecule has 0 atom stereocenters. The summed E-state index contributed by atoms with van der Waals surface area (Å²) in [6.07, 6.45) is 0.380. The van der Waals surface area contributed by atoms with Crippen LogP contribution in [0.5, 0.6) is 0 Å². The van der Waals surface area contributed by atoms with E-state index in [0.29, 0.717) is 19.5 Å². The van der Waals surface area contributed by atoms with Crippen molar-refractivity contribution >= 4 is 11.7 Å². The maximum absolute atomic E-state index is 11.2. The molecule has 96 valence electrons. The van der Waals surface area contributed by atoms with Crippen LogP contribution in [0.4, 0.5) is 5.69 Å². The molecule has 1 N–H and O–H groups in total. The Kier molecular flexibility index (Phi) is 4.73. The number of anilines is 1. The number of nitriles is 1. The number of para-hydroxylation sites is 1. The second kappa shape index (κ2) is 6.06. The molecular formula is C14H18N2O2. The third-order valence-corrected chi connectivity index (χ3v) is 2.78. The van der Waals surface area contributed by atoms with Crippen molar-refractivity contribution in [3.63, 3.8) is 0 Å². The molecule has 0 fully saturated rings. The summed E-state index contributed by atoms with van der Waals surface area (Å²) in [6, 6.07) is 11.7. The number of rotatable bonds is 6. The normalized spacial score (nSPS) is 10.7. The summed E-state index contributed by atoms with van der Waals surface area (Å²) in [5.74, 6) is -0.833. The van der Waals surface area contributed by atoms with Gasteiger partial charge in [-0.05, 0) is 26.0 Å². The summed E-state index contributed by atoms with van der Waals surface area (Å²) < 4.78 is 0. The number of benzene rings is 1. The highest BCUT2D eigenvalue weighted by Crippen LogP contribution is 2.22. The average molecular weight is 246 g/mol. The van der Waals surface area contributed by atoms with Crippen molar-refractivity contribution in [1.29, 1.82) is 5.26 Å². The minimum atomic E-state index is -0.842. The number of hydrogen-bond donors (Lipinski definition) is 1. The number of carboxylic acids is 1. The van der Waals surface area contributed by atoms with Gasteiger partial charge in [0.25, 0.3) is 0 Å². The zero-order chi connectivity index (χ0) is 13.6. The molecule has 1 rings (SSSR count). The number of carboxylic acid groups (broad SMARTS) is 1. The molecule has 0 aliphatic heterocycles. The summed E-state index contributed by atoms with van der Waals surface area (Å²) in [4.78, 5) is 13.1. The van der Waals surface area contributed by atoms with E-state index in [1.807, 2.05) is 35.2 Å². The first-order valence-electron chi connectivity index (χ1n) is 5.88. The van der Waals surface area contributed by atoms with Gasteiger partial charge in [0.15, 0.2) is 0 Å². The first-order valence-corrected chi connectivity index (χ1v) is 5.88. The molecule has 0 amide bonds. The van der Waals surface area contributed by atoms with E-state index in [2.05, 4.69) is 6.07 Å². The van der Waals surface area contributed by atoms with Crippen LogP contribution in [0.15, 0.2) is 30.3 Å². The van der Waals surface area contributed by atoms with Crippen molar-refractivity contribution in [2.24, 2.45) is 5.41 Å². The van der Waals surface area contributed by atoms with E-state index < -0.39 is 11.4 Å². The molecular weight excluding hydrogens is 228 g/mol. The maximum atomic E-state index is 11.2. The zero-order valence-corrected chi connectivity index (χ0v) is 10.8. The highest BCUT2D eigenvalue weighted by atomic mass is 16.4. The molecule has 0 spiro atoms. The Balaban J connectivity index is 2.87. The molecule has 0 aromatic heterocycles. The minimum absolute atomic E-state index is 0.380. The first-order chi connectivity index (χ1) is 8.47. The van der Waals surface area contributed by atoms with Gasteiger partial charge in [0.05, 0.1) is 17.9 Å². The lowest BCUT2D eigenvalue weighted by Gasteiger charge is -2.31. The van der Waals surface area contributed by atoms with Gasteiger partial charge in [-0.3, -0.25) is 4.79 Å². The van der Waals surface area contributed by atoms with Crippen LogP contribution in [-0.4, -0.2) is 24.2 Å². The highest BCUT2D eigenvalue weighted by Gasteiger charge is 2.29. The molecule has 0 heterocycles. The molecule has 0 unspecified atom stereocenters. The Hall–Kier alpha value is -2.02. The Labute approximate surface area is 107 Å². The van der Waals surface area contributed by atoms with Gasteiger partial charge in [-0.15, -0.1) is 0 Å². The summed E-state index contributed by atoms with van der Waals surface area (Å²) >= 11 is 0. The van der Waals surface area contributed by atoms with Gasteiger partial charge < -0.3 is 10.0 Å². The van der Waals surface area contributed by atoms with E-state index in [-0.39, 0.29) is 0 Å². The molecule has 0 aliphatic rings. The van der Waals surface area contributed by atoms with Crippen LogP contribution in [0.2, 0.25) is 0 Å². The predicted molar refractivity (Wildman–Crippen MR) is 70.3 cm³/mol. The molecule has 1 aromatic rings. The fraction of sp³-hybridized carbons (Fsp3) is 0.429. The van der Waals surface area contributed by atoms with Gasteiger partial charge in [-0.1, -0.05) is 18.2 Å². The van der Waals surface area contributed by atoms with E-state index in [1.54, 1.807) is 13.8 Å². The third kappa shape index (κ3) is 3.77. The van der Waals surface area contributed by atoms with Crippen LogP contribution >= 0.6 is 0 Å². The van der Waals surface area contributed by atoms with Gasteiger partial charge in [-0.25, -0.2) is 0 Å². The largest absolute Gasteiger partial charge is 0.481 e. The Morgan fingerprint density at radius 2 is 2.00 bits per heavy atom. The third-order valence-electron chi connectivity index (χ3n) is 2.78. The van der Waals surface area contributed by atoms with Crippen molar-refractivity contribution in [3.05, 3.63) is 30.3 Å². The van der Waals surface area contributed by atoms with Crippen molar-refractivity contribution in [1.82, 2.24) is 0 Å². The molecule has 1 aromatic carbocycles. The van der Waals surface area contributed by atoms with E-state index in [9.17, 15) is 9.90 Å². The molecule has 0 radical (unpaired) electrons. The van der Waals surface area contributed by atoms with Crippen molar-refractivity contribution in [2.45, 2.75) is 20.3 Å². The molecule has 4 heteroatoms. The molecule has 0 saturated carbocycles. The van der Waals surface area contributed by atoms with Gasteiger partial charge in [0.1, 0.15) is 0 Å². The van der Waals surface area contributed by atoms with Crippen molar-refractivity contribution in [3.8, 4) is 6.07 Å². The monoisotopic (exact) mass is 246 g/mol. The SMILES string of the molecule is CC(C)(CN(CCC#N)c1ccccc1)C(=O)O. The van der Waals surface area contributed by atoms with E-state index in [4.69, 9.17) is 5.26 Å². The average Bonchev–Trinajstić information content (AvgIpc) is 2.35. The van der Waals surface area contributed by atoms with Gasteiger partial charge >= 0.3 is 5.97 Å². The van der Waals surface area contributed by atoms with Crippen LogP contribution < -0.4 is 4.90 Å². The van der Waals surface area contributed by atoms with E-state index in [0.717, 1.165) is 5.69 Å². The van der Waals surface area contributed by atoms with Crippen LogP contribution in [0.3, 0.4) is 0 Å². The molecule has 0 saturated heterocycles. The Morgan fingerprint density at radius 1 is 1.39 bits per heavy atom. The molecule has 0 aliphatic carbocycles. The summed E-state index contributed by atoms with van der Waals surface area (Å²) in [5.41, 5.74) is 0.104. The standard InChI is InChI=1S/C14H18N2O2/c1-14(2,13(17)18)11-16(10-6-9-15)12-7-4-3-5-8-12/h3-5,7-8H,6,10-11H2,1-2H3,(H,17,18). The van der Waals surface area contributed by atoms with E-state index >= 15 is 0 Å². The smallest absolute Gasteiger partial charge is 0.310 e. The van der Waals surface area contributed by atoms with Crippen LogP contribution in [-0.2, 0) is 4.79 Å². The topological polar surface area (TPSA) is 64.3 Å². The maximum Gasteiger partial charge on any atom is 0.310 e. The summed E-state index contributed by atoms with van der Waals surface area (Å²) in [6.45, 7) is 4.31.